The largest absolute Gasteiger partial charge is 0.512 e. The number of hydrogen-bond acceptors (Lipinski definition) is 5. The Hall–Kier alpha value is -3.44. The summed E-state index contributed by atoms with van der Waals surface area (Å²) in [6.07, 6.45) is 12.0. The zero-order chi connectivity index (χ0) is 41.4. The van der Waals surface area contributed by atoms with Crippen LogP contribution in [0.3, 0.4) is 0 Å². The van der Waals surface area contributed by atoms with E-state index in [0.29, 0.717) is 5.92 Å². The predicted molar refractivity (Wildman–Crippen MR) is 242 cm³/mol. The molecule has 0 unspecified atom stereocenters. The fourth-order valence-corrected chi connectivity index (χ4v) is 8.89. The van der Waals surface area contributed by atoms with Crippen LogP contribution in [0.25, 0.3) is 48.8 Å². The van der Waals surface area contributed by atoms with E-state index in [0.717, 1.165) is 54.4 Å². The fourth-order valence-electron chi connectivity index (χ4n) is 7.88. The van der Waals surface area contributed by atoms with Crippen molar-refractivity contribution in [2.45, 2.75) is 140 Å². The first kappa shape index (κ1) is 46.3. The van der Waals surface area contributed by atoms with Crippen LogP contribution < -0.4 is 0 Å². The summed E-state index contributed by atoms with van der Waals surface area (Å²) in [6.45, 7) is 30.3. The second-order valence-electron chi connectivity index (χ2n) is 18.6. The first-order valence-electron chi connectivity index (χ1n) is 20.7. The molecule has 0 saturated heterocycles. The van der Waals surface area contributed by atoms with Crippen LogP contribution in [0.5, 0.6) is 0 Å². The second-order valence-corrected chi connectivity index (χ2v) is 19.5. The summed E-state index contributed by atoms with van der Waals surface area (Å²) in [4.78, 5) is 21.9. The van der Waals surface area contributed by atoms with E-state index in [2.05, 4.69) is 114 Å². The fraction of sp³-hybridized carbons (Fsp3) is 0.471. The van der Waals surface area contributed by atoms with Gasteiger partial charge in [0.1, 0.15) is 5.76 Å². The van der Waals surface area contributed by atoms with Gasteiger partial charge in [0.05, 0.1) is 0 Å². The van der Waals surface area contributed by atoms with Gasteiger partial charge in [0.2, 0.25) is 0 Å². The van der Waals surface area contributed by atoms with Crippen LogP contribution in [0.1, 0.15) is 145 Å². The molecule has 0 bridgehead atoms. The minimum Gasteiger partial charge on any atom is -0.512 e. The standard InChI is InChI=1S/C36H37N2S.C15H28O2.Ir/c1-21(2)13-26-20-39-32-16-23(9-10-28(26)32)29-17-31(38-34-33(29)22(3)18-36(34,7)8)24-14-25-19-37-12-11-27(25)30(15-24)35(4,5)6;1-7-14(5,8-2)12(16)11-13(17)15(6,9-3)10-4;/h9-12,15-21H,13H2,1-8H3;11,16H,7-10H2,1-6H3;/q-1;;/b;12-11-;. The van der Waals surface area contributed by atoms with Crippen molar-refractivity contribution in [2.75, 3.05) is 0 Å². The van der Waals surface area contributed by atoms with Gasteiger partial charge in [-0.25, -0.2) is 0 Å². The zero-order valence-electron chi connectivity index (χ0n) is 37.0. The number of pyridine rings is 2. The Kier molecular flexibility index (Phi) is 14.5. The van der Waals surface area contributed by atoms with E-state index in [1.165, 1.54) is 54.9 Å². The van der Waals surface area contributed by atoms with Crippen LogP contribution in [0.4, 0.5) is 0 Å². The van der Waals surface area contributed by atoms with Gasteiger partial charge >= 0.3 is 0 Å². The molecule has 0 amide bonds. The first-order chi connectivity index (χ1) is 26.2. The molecule has 1 N–H and O–H groups in total. The number of aromatic nitrogens is 2. The van der Waals surface area contributed by atoms with E-state index in [9.17, 15) is 9.90 Å². The molecule has 4 nitrogen and oxygen atoms in total. The van der Waals surface area contributed by atoms with Crippen LogP contribution in [0.2, 0.25) is 0 Å². The number of nitrogens with zero attached hydrogens (tertiary/aromatic N) is 2. The number of benzene rings is 2. The van der Waals surface area contributed by atoms with Gasteiger partial charge in [0.25, 0.3) is 0 Å². The summed E-state index contributed by atoms with van der Waals surface area (Å²) in [5, 5.41) is 16.1. The number of rotatable bonds is 11. The van der Waals surface area contributed by atoms with Crippen LogP contribution in [0, 0.1) is 22.8 Å². The minimum absolute atomic E-state index is 0. The molecule has 0 fully saturated rings. The van der Waals surface area contributed by atoms with Gasteiger partial charge in [-0.2, -0.15) is 0 Å². The van der Waals surface area contributed by atoms with Gasteiger partial charge in [0.15, 0.2) is 5.78 Å². The molecule has 5 aromatic rings. The van der Waals surface area contributed by atoms with E-state index in [4.69, 9.17) is 4.98 Å². The molecule has 1 aliphatic rings. The molecule has 0 aliphatic heterocycles. The number of carbonyl (C=O) groups is 1. The molecule has 6 rings (SSSR count). The number of hydrogen-bond donors (Lipinski definition) is 1. The molecule has 0 spiro atoms. The molecule has 1 radical (unpaired) electrons. The van der Waals surface area contributed by atoms with Crippen LogP contribution >= 0.6 is 11.3 Å². The summed E-state index contributed by atoms with van der Waals surface area (Å²) in [5.41, 5.74) is 10.3. The smallest absolute Gasteiger partial charge is 0.164 e. The number of carbonyl (C=O) groups excluding carboxylic acids is 1. The molecule has 3 heterocycles. The maximum atomic E-state index is 12.2. The third-order valence-electron chi connectivity index (χ3n) is 12.6. The topological polar surface area (TPSA) is 63.1 Å². The van der Waals surface area contributed by atoms with E-state index < -0.39 is 0 Å². The summed E-state index contributed by atoms with van der Waals surface area (Å²) < 4.78 is 1.35. The van der Waals surface area contributed by atoms with Crippen molar-refractivity contribution in [3.05, 3.63) is 101 Å². The summed E-state index contributed by atoms with van der Waals surface area (Å²) in [7, 11) is 0. The molecular formula is C51H65IrN2O2S-. The maximum absolute atomic E-state index is 12.2. The van der Waals surface area contributed by atoms with Crippen LogP contribution in [-0.2, 0) is 42.2 Å². The Morgan fingerprint density at radius 2 is 1.58 bits per heavy atom. The first-order valence-corrected chi connectivity index (χ1v) is 21.6. The van der Waals surface area contributed by atoms with Crippen LogP contribution in [-0.4, -0.2) is 20.9 Å². The van der Waals surface area contributed by atoms with Gasteiger partial charge in [-0.1, -0.05) is 137 Å². The van der Waals surface area contributed by atoms with Crippen LogP contribution in [0.15, 0.2) is 72.1 Å². The van der Waals surface area contributed by atoms with Gasteiger partial charge in [0, 0.05) is 70.3 Å². The number of aliphatic hydroxyl groups excluding tert-OH is 1. The van der Waals surface area contributed by atoms with E-state index in [1.807, 2.05) is 65.3 Å². The molecular weight excluding hydrogens is 897 g/mol. The van der Waals surface area contributed by atoms with Crippen molar-refractivity contribution < 1.29 is 30.0 Å². The number of allylic oxidation sites excluding steroid dienone is 4. The van der Waals surface area contributed by atoms with Crippen molar-refractivity contribution in [3.8, 4) is 22.4 Å². The number of ketones is 1. The molecule has 0 atom stereocenters. The third kappa shape index (κ3) is 9.56. The van der Waals surface area contributed by atoms with Crippen molar-refractivity contribution >= 4 is 43.6 Å². The maximum Gasteiger partial charge on any atom is 0.164 e. The predicted octanol–water partition coefficient (Wildman–Crippen LogP) is 14.8. The Balaban J connectivity index is 0.000000341. The molecule has 57 heavy (non-hydrogen) atoms. The summed E-state index contributed by atoms with van der Waals surface area (Å²) >= 11 is 1.86. The Morgan fingerprint density at radius 3 is 2.18 bits per heavy atom. The van der Waals surface area contributed by atoms with Crippen molar-refractivity contribution in [2.24, 2.45) is 16.7 Å². The SMILES string of the molecule is CC1=CC(C)(C)c2nc(-c3[c-]c4cnccc4c(C(C)(C)C)c3)cc(-c3ccc4c(CC(C)C)csc4c3)c21.CCC(C)(CC)C(=O)/C=C(\O)C(C)(CC)CC.[Ir]. The van der Waals surface area contributed by atoms with Gasteiger partial charge in [-0.15, -0.1) is 29.0 Å². The Bertz CT molecular complexity index is 2290. The van der Waals surface area contributed by atoms with Gasteiger partial charge in [-0.05, 0) is 95.7 Å². The Labute approximate surface area is 361 Å². The normalized spacial score (nSPS) is 14.3. The van der Waals surface area contributed by atoms with E-state index >= 15 is 0 Å². The quantitative estimate of drug-likeness (QED) is 0.0814. The molecule has 3 aromatic heterocycles. The molecule has 307 valence electrons. The van der Waals surface area contributed by atoms with Crippen molar-refractivity contribution in [1.82, 2.24) is 9.97 Å². The second kappa shape index (κ2) is 17.8. The zero-order valence-corrected chi connectivity index (χ0v) is 40.2. The minimum atomic E-state index is -0.337. The molecule has 0 saturated carbocycles. The van der Waals surface area contributed by atoms with E-state index in [1.54, 1.807) is 0 Å². The summed E-state index contributed by atoms with van der Waals surface area (Å²) in [5.74, 6) is 0.934. The number of fused-ring (bicyclic) bond motifs is 3. The Morgan fingerprint density at radius 1 is 0.930 bits per heavy atom. The van der Waals surface area contributed by atoms with Gasteiger partial charge in [-0.3, -0.25) is 9.78 Å². The third-order valence-corrected chi connectivity index (χ3v) is 13.5. The van der Waals surface area contributed by atoms with Crippen molar-refractivity contribution in [1.29, 1.82) is 0 Å². The van der Waals surface area contributed by atoms with Gasteiger partial charge < -0.3 is 10.1 Å². The van der Waals surface area contributed by atoms with Crippen molar-refractivity contribution in [3.63, 3.8) is 0 Å². The molecule has 2 aromatic carbocycles. The summed E-state index contributed by atoms with van der Waals surface area (Å²) in [6, 6.07) is 17.4. The average molecular weight is 962 g/mol. The average Bonchev–Trinajstić information content (AvgIpc) is 3.67. The monoisotopic (exact) mass is 962 g/mol. The molecule has 6 heteroatoms. The number of thiophene rings is 1. The van der Waals surface area contributed by atoms with E-state index in [-0.39, 0.29) is 53.3 Å². The number of aliphatic hydroxyl groups is 1. The molecule has 1 aliphatic carbocycles.